The number of benzene rings is 2. The quantitative estimate of drug-likeness (QED) is 0.606. The van der Waals surface area contributed by atoms with Crippen LogP contribution in [0.3, 0.4) is 0 Å². The summed E-state index contributed by atoms with van der Waals surface area (Å²) in [5.74, 6) is -3.83. The van der Waals surface area contributed by atoms with Gasteiger partial charge in [-0.25, -0.2) is 0 Å². The van der Waals surface area contributed by atoms with Gasteiger partial charge in [0.05, 0.1) is 18.4 Å². The number of amides is 4. The normalized spacial score (nSPS) is 28.2. The second kappa shape index (κ2) is 7.15. The predicted octanol–water partition coefficient (Wildman–Crippen LogP) is 1.44. The Bertz CT molecular complexity index is 1200. The molecule has 2 saturated heterocycles. The van der Waals surface area contributed by atoms with Crippen molar-refractivity contribution < 1.29 is 19.2 Å². The van der Waals surface area contributed by atoms with Crippen LogP contribution in [0.5, 0.6) is 0 Å². The minimum Gasteiger partial charge on any atom is -0.370 e. The van der Waals surface area contributed by atoms with Gasteiger partial charge in [0.25, 0.3) is 0 Å². The van der Waals surface area contributed by atoms with Gasteiger partial charge in [-0.1, -0.05) is 48.0 Å². The molecule has 0 bridgehead atoms. The highest BCUT2D eigenvalue weighted by molar-refractivity contribution is 6.31. The van der Waals surface area contributed by atoms with Crippen LogP contribution >= 0.6 is 11.6 Å². The highest BCUT2D eigenvalue weighted by Crippen LogP contribution is 2.54. The summed E-state index contributed by atoms with van der Waals surface area (Å²) in [4.78, 5) is 53.4. The summed E-state index contributed by atoms with van der Waals surface area (Å²) in [5, 5.41) is 6.49. The zero-order chi connectivity index (χ0) is 22.8. The van der Waals surface area contributed by atoms with E-state index in [0.717, 1.165) is 10.5 Å². The Morgan fingerprint density at radius 2 is 1.88 bits per heavy atom. The van der Waals surface area contributed by atoms with Crippen LogP contribution in [0, 0.1) is 18.8 Å². The molecule has 1 spiro atoms. The van der Waals surface area contributed by atoms with Crippen LogP contribution in [0.1, 0.15) is 23.1 Å². The number of aryl methyl sites for hydroxylation is 1. The van der Waals surface area contributed by atoms with Crippen LogP contribution in [-0.4, -0.2) is 34.6 Å². The third-order valence-electron chi connectivity index (χ3n) is 6.76. The number of nitrogens with two attached hydrogens (primary N) is 1. The number of fused-ring (bicyclic) bond motifs is 4. The molecular weight excluding hydrogens is 432 g/mol. The van der Waals surface area contributed by atoms with Gasteiger partial charge in [0.1, 0.15) is 5.54 Å². The van der Waals surface area contributed by atoms with Crippen molar-refractivity contribution in [2.75, 3.05) is 5.32 Å². The fourth-order valence-corrected chi connectivity index (χ4v) is 5.58. The van der Waals surface area contributed by atoms with Gasteiger partial charge in [0.2, 0.25) is 23.6 Å². The third kappa shape index (κ3) is 2.73. The number of hydrogen-bond donors (Lipinski definition) is 3. The number of anilines is 1. The van der Waals surface area contributed by atoms with E-state index in [1.54, 1.807) is 36.4 Å². The molecule has 2 fully saturated rings. The molecule has 8 nitrogen and oxygen atoms in total. The minimum atomic E-state index is -1.45. The molecule has 3 aliphatic heterocycles. The predicted molar refractivity (Wildman–Crippen MR) is 116 cm³/mol. The summed E-state index contributed by atoms with van der Waals surface area (Å²) in [5.41, 5.74) is 6.68. The zero-order valence-corrected chi connectivity index (χ0v) is 18.0. The first kappa shape index (κ1) is 20.7. The number of carbonyl (C=O) groups excluding carboxylic acids is 4. The molecule has 0 radical (unpaired) electrons. The number of carbonyl (C=O) groups is 4. The van der Waals surface area contributed by atoms with Gasteiger partial charge in [-0.3, -0.25) is 29.4 Å². The first-order chi connectivity index (χ1) is 15.3. The molecule has 4 atom stereocenters. The number of likely N-dealkylation sites (tertiary alicyclic amines) is 1. The van der Waals surface area contributed by atoms with E-state index in [9.17, 15) is 19.2 Å². The maximum atomic E-state index is 13.7. The summed E-state index contributed by atoms with van der Waals surface area (Å²) in [6, 6.07) is 11.6. The largest absolute Gasteiger partial charge is 0.370 e. The first-order valence-electron chi connectivity index (χ1n) is 10.3. The number of imide groups is 1. The Hall–Kier alpha value is -3.23. The Kier molecular flexibility index (Phi) is 4.61. The molecular formula is C23H21ClN4O4. The SMILES string of the molecule is Cc1cccc2c1NC(=O)[C@@]21N[C@@H](CC(N)=O)[C@H]2C(=O)N(Cc3ccccc3Cl)C(=O)[C@H]21. The Morgan fingerprint density at radius 1 is 1.12 bits per heavy atom. The monoisotopic (exact) mass is 452 g/mol. The van der Waals surface area contributed by atoms with E-state index in [4.69, 9.17) is 17.3 Å². The molecule has 0 aromatic heterocycles. The average molecular weight is 453 g/mol. The first-order valence-corrected chi connectivity index (χ1v) is 10.7. The van der Waals surface area contributed by atoms with Crippen molar-refractivity contribution in [1.82, 2.24) is 10.2 Å². The number of para-hydroxylation sites is 1. The maximum Gasteiger partial charge on any atom is 0.250 e. The van der Waals surface area contributed by atoms with Crippen molar-refractivity contribution in [3.63, 3.8) is 0 Å². The Labute approximate surface area is 189 Å². The van der Waals surface area contributed by atoms with Crippen LogP contribution in [-0.2, 0) is 31.3 Å². The van der Waals surface area contributed by atoms with Gasteiger partial charge >= 0.3 is 0 Å². The summed E-state index contributed by atoms with van der Waals surface area (Å²) in [7, 11) is 0. The third-order valence-corrected chi connectivity index (χ3v) is 7.13. The highest BCUT2D eigenvalue weighted by atomic mass is 35.5. The molecule has 0 aliphatic carbocycles. The van der Waals surface area contributed by atoms with Crippen molar-refractivity contribution in [3.05, 3.63) is 64.2 Å². The Morgan fingerprint density at radius 3 is 2.59 bits per heavy atom. The van der Waals surface area contributed by atoms with Gasteiger partial charge < -0.3 is 11.1 Å². The molecule has 32 heavy (non-hydrogen) atoms. The maximum absolute atomic E-state index is 13.7. The van der Waals surface area contributed by atoms with Crippen LogP contribution in [0.25, 0.3) is 0 Å². The summed E-state index contributed by atoms with van der Waals surface area (Å²) < 4.78 is 0. The smallest absolute Gasteiger partial charge is 0.250 e. The number of nitrogens with zero attached hydrogens (tertiary/aromatic N) is 1. The van der Waals surface area contributed by atoms with E-state index in [2.05, 4.69) is 10.6 Å². The fourth-order valence-electron chi connectivity index (χ4n) is 5.38. The number of rotatable bonds is 4. The molecule has 2 aromatic carbocycles. The fraction of sp³-hybridized carbons (Fsp3) is 0.304. The van der Waals surface area contributed by atoms with Crippen LogP contribution in [0.2, 0.25) is 5.02 Å². The topological polar surface area (TPSA) is 122 Å². The molecule has 4 amide bonds. The number of halogens is 1. The molecule has 164 valence electrons. The van der Waals surface area contributed by atoms with Gasteiger partial charge in [0.15, 0.2) is 0 Å². The average Bonchev–Trinajstić information content (AvgIpc) is 3.31. The lowest BCUT2D eigenvalue weighted by Crippen LogP contribution is -2.53. The highest BCUT2D eigenvalue weighted by Gasteiger charge is 2.70. The summed E-state index contributed by atoms with van der Waals surface area (Å²) in [6.07, 6.45) is -0.170. The van der Waals surface area contributed by atoms with E-state index in [1.165, 1.54) is 0 Å². The van der Waals surface area contributed by atoms with Gasteiger partial charge in [-0.15, -0.1) is 0 Å². The molecule has 9 heteroatoms. The number of nitrogens with one attached hydrogen (secondary N) is 2. The van der Waals surface area contributed by atoms with E-state index in [-0.39, 0.29) is 13.0 Å². The lowest BCUT2D eigenvalue weighted by molar-refractivity contribution is -0.143. The number of primary amides is 1. The lowest BCUT2D eigenvalue weighted by atomic mass is 9.76. The van der Waals surface area contributed by atoms with E-state index >= 15 is 0 Å². The summed E-state index contributed by atoms with van der Waals surface area (Å²) in [6.45, 7) is 1.85. The van der Waals surface area contributed by atoms with Crippen LogP contribution in [0.15, 0.2) is 42.5 Å². The molecule has 4 N–H and O–H groups in total. The van der Waals surface area contributed by atoms with Crippen molar-refractivity contribution in [1.29, 1.82) is 0 Å². The van der Waals surface area contributed by atoms with Gasteiger partial charge in [0, 0.05) is 28.7 Å². The number of hydrogen-bond acceptors (Lipinski definition) is 5. The molecule has 0 saturated carbocycles. The molecule has 2 aromatic rings. The van der Waals surface area contributed by atoms with Gasteiger partial charge in [-0.2, -0.15) is 0 Å². The second-order valence-electron chi connectivity index (χ2n) is 8.54. The van der Waals surface area contributed by atoms with Crippen molar-refractivity contribution >= 4 is 40.9 Å². The minimum absolute atomic E-state index is 0.00793. The summed E-state index contributed by atoms with van der Waals surface area (Å²) >= 11 is 6.26. The standard InChI is InChI=1S/C23H21ClN4O4/c1-11-5-4-7-13-19(11)26-22(32)23(13)18-17(15(27-23)9-16(25)29)20(30)28(21(18)31)10-12-6-2-3-8-14(12)24/h2-8,15,17-18,27H,9-10H2,1H3,(H2,25,29)(H,26,32)/t15-,17+,18-,23+/m0/s1. The molecule has 3 heterocycles. The molecule has 5 rings (SSSR count). The van der Waals surface area contributed by atoms with E-state index in [1.807, 2.05) is 13.0 Å². The van der Waals surface area contributed by atoms with E-state index in [0.29, 0.717) is 21.8 Å². The van der Waals surface area contributed by atoms with Crippen molar-refractivity contribution in [2.24, 2.45) is 17.6 Å². The zero-order valence-electron chi connectivity index (χ0n) is 17.2. The van der Waals surface area contributed by atoms with Crippen molar-refractivity contribution in [3.8, 4) is 0 Å². The molecule has 0 unspecified atom stereocenters. The van der Waals surface area contributed by atoms with E-state index < -0.39 is 47.0 Å². The molecule has 3 aliphatic rings. The van der Waals surface area contributed by atoms with Crippen molar-refractivity contribution in [2.45, 2.75) is 31.5 Å². The lowest BCUT2D eigenvalue weighted by Gasteiger charge is -2.29. The Balaban J connectivity index is 1.62. The van der Waals surface area contributed by atoms with Crippen LogP contribution < -0.4 is 16.4 Å². The van der Waals surface area contributed by atoms with Gasteiger partial charge in [-0.05, 0) is 24.1 Å². The van der Waals surface area contributed by atoms with Crippen LogP contribution in [0.4, 0.5) is 5.69 Å². The second-order valence-corrected chi connectivity index (χ2v) is 8.95.